The molecule has 0 unspecified atom stereocenters. The van der Waals surface area contributed by atoms with Crippen LogP contribution in [0.5, 0.6) is 23.0 Å². The molecule has 0 aliphatic rings. The van der Waals surface area contributed by atoms with E-state index in [0.29, 0.717) is 0 Å². The number of aryl methyl sites for hydroxylation is 4. The molecular weight excluding hydrogens is 448 g/mol. The lowest BCUT2D eigenvalue weighted by Gasteiger charge is -2.14. The third kappa shape index (κ3) is 6.19. The first-order valence-electron chi connectivity index (χ1n) is 12.2. The van der Waals surface area contributed by atoms with E-state index in [2.05, 4.69) is 60.7 Å². The highest BCUT2D eigenvalue weighted by Crippen LogP contribution is 2.32. The normalized spacial score (nSPS) is 10.7. The summed E-state index contributed by atoms with van der Waals surface area (Å²) < 4.78 is 22.1. The monoisotopic (exact) mass is 482 g/mol. The van der Waals surface area contributed by atoms with Crippen molar-refractivity contribution >= 4 is 0 Å². The van der Waals surface area contributed by atoms with Crippen LogP contribution in [0.1, 0.15) is 22.3 Å². The van der Waals surface area contributed by atoms with Crippen LogP contribution in [0.25, 0.3) is 11.1 Å². The maximum absolute atomic E-state index is 5.68. The predicted molar refractivity (Wildman–Crippen MR) is 146 cm³/mol. The molecule has 0 aliphatic carbocycles. The van der Waals surface area contributed by atoms with Crippen molar-refractivity contribution in [3.63, 3.8) is 0 Å². The van der Waals surface area contributed by atoms with Gasteiger partial charge < -0.3 is 18.9 Å². The predicted octanol–water partition coefficient (Wildman–Crippen LogP) is 6.96. The molecular formula is C32H34O4. The van der Waals surface area contributed by atoms with E-state index < -0.39 is 0 Å². The van der Waals surface area contributed by atoms with Gasteiger partial charge in [0.25, 0.3) is 0 Å². The second-order valence-corrected chi connectivity index (χ2v) is 8.76. The van der Waals surface area contributed by atoms with Crippen LogP contribution in [0.4, 0.5) is 0 Å². The summed E-state index contributed by atoms with van der Waals surface area (Å²) in [6, 6.07) is 29.3. The van der Waals surface area contributed by atoms with Crippen molar-refractivity contribution < 1.29 is 18.9 Å². The number of ether oxygens (including phenoxy) is 4. The summed E-state index contributed by atoms with van der Waals surface area (Å²) in [5.74, 6) is 3.59. The largest absolute Gasteiger partial charge is 0.497 e. The fourth-order valence-electron chi connectivity index (χ4n) is 4.52. The Morgan fingerprint density at radius 3 is 1.28 bits per heavy atom. The van der Waals surface area contributed by atoms with Gasteiger partial charge in [-0.1, -0.05) is 36.4 Å². The third-order valence-corrected chi connectivity index (χ3v) is 6.53. The summed E-state index contributed by atoms with van der Waals surface area (Å²) in [7, 11) is 6.86. The Kier molecular flexibility index (Phi) is 8.51. The van der Waals surface area contributed by atoms with Crippen LogP contribution in [0.15, 0.2) is 84.9 Å². The van der Waals surface area contributed by atoms with E-state index in [1.807, 2.05) is 24.3 Å². The second-order valence-electron chi connectivity index (χ2n) is 8.76. The molecule has 0 heterocycles. The van der Waals surface area contributed by atoms with E-state index in [1.54, 1.807) is 28.4 Å². The van der Waals surface area contributed by atoms with Gasteiger partial charge in [0.15, 0.2) is 0 Å². The van der Waals surface area contributed by atoms with E-state index in [-0.39, 0.29) is 0 Å². The molecule has 0 bridgehead atoms. The molecule has 186 valence electrons. The molecule has 0 spiro atoms. The maximum atomic E-state index is 5.68. The number of hydrogen-bond acceptors (Lipinski definition) is 4. The molecule has 0 N–H and O–H groups in total. The van der Waals surface area contributed by atoms with Crippen LogP contribution in [-0.4, -0.2) is 28.4 Å². The molecule has 0 amide bonds. The van der Waals surface area contributed by atoms with Gasteiger partial charge >= 0.3 is 0 Å². The lowest BCUT2D eigenvalue weighted by Crippen LogP contribution is -1.98. The molecule has 0 aliphatic heterocycles. The molecule has 4 heteroatoms. The minimum atomic E-state index is 0.878. The minimum Gasteiger partial charge on any atom is -0.497 e. The molecule has 0 radical (unpaired) electrons. The molecule has 4 aromatic rings. The first-order valence-corrected chi connectivity index (χ1v) is 12.2. The average molecular weight is 483 g/mol. The molecule has 36 heavy (non-hydrogen) atoms. The van der Waals surface area contributed by atoms with E-state index >= 15 is 0 Å². The summed E-state index contributed by atoms with van der Waals surface area (Å²) >= 11 is 0. The molecule has 4 nitrogen and oxygen atoms in total. The Bertz CT molecular complexity index is 1190. The summed E-state index contributed by atoms with van der Waals surface area (Å²) in [5, 5.41) is 0. The van der Waals surface area contributed by atoms with Crippen LogP contribution in [0.2, 0.25) is 0 Å². The molecule has 0 atom stereocenters. The van der Waals surface area contributed by atoms with E-state index in [0.717, 1.165) is 48.7 Å². The highest BCUT2D eigenvalue weighted by molar-refractivity contribution is 5.68. The number of methoxy groups -OCH3 is 4. The molecule has 4 rings (SSSR count). The first-order chi connectivity index (χ1) is 17.6. The topological polar surface area (TPSA) is 36.9 Å². The average Bonchev–Trinajstić information content (AvgIpc) is 2.94. The Balaban J connectivity index is 1.56. The highest BCUT2D eigenvalue weighted by Gasteiger charge is 2.11. The van der Waals surface area contributed by atoms with Crippen molar-refractivity contribution in [2.24, 2.45) is 0 Å². The van der Waals surface area contributed by atoms with Gasteiger partial charge in [-0.05, 0) is 108 Å². The van der Waals surface area contributed by atoms with Gasteiger partial charge in [0, 0.05) is 0 Å². The minimum absolute atomic E-state index is 0.878. The van der Waals surface area contributed by atoms with Crippen LogP contribution in [-0.2, 0) is 25.7 Å². The zero-order valence-corrected chi connectivity index (χ0v) is 21.5. The standard InChI is InChI=1S/C32H34O4/c1-33-29-9-5-7-23(19-29)11-13-27-21-25(15-17-31(27)35-3)26-16-18-32(36-4)28(22-26)14-12-24-8-6-10-30(20-24)34-2/h5-10,15-22H,11-14H2,1-4H3. The van der Waals surface area contributed by atoms with Crippen molar-refractivity contribution in [1.82, 2.24) is 0 Å². The number of rotatable bonds is 11. The fourth-order valence-corrected chi connectivity index (χ4v) is 4.52. The van der Waals surface area contributed by atoms with Crippen molar-refractivity contribution in [3.05, 3.63) is 107 Å². The molecule has 4 aromatic carbocycles. The summed E-state index contributed by atoms with van der Waals surface area (Å²) in [6.07, 6.45) is 3.57. The lowest BCUT2D eigenvalue weighted by atomic mass is 9.95. The van der Waals surface area contributed by atoms with E-state index in [9.17, 15) is 0 Å². The second kappa shape index (κ2) is 12.2. The fraction of sp³-hybridized carbons (Fsp3) is 0.250. The summed E-state index contributed by atoms with van der Waals surface area (Å²) in [4.78, 5) is 0. The summed E-state index contributed by atoms with van der Waals surface area (Å²) in [6.45, 7) is 0. The molecule has 0 saturated heterocycles. The van der Waals surface area contributed by atoms with Crippen molar-refractivity contribution in [3.8, 4) is 34.1 Å². The highest BCUT2D eigenvalue weighted by atomic mass is 16.5. The van der Waals surface area contributed by atoms with Crippen LogP contribution >= 0.6 is 0 Å². The Labute approximate surface area is 214 Å². The van der Waals surface area contributed by atoms with Crippen LogP contribution in [0, 0.1) is 0 Å². The smallest absolute Gasteiger partial charge is 0.122 e. The Morgan fingerprint density at radius 1 is 0.444 bits per heavy atom. The van der Waals surface area contributed by atoms with E-state index in [4.69, 9.17) is 18.9 Å². The van der Waals surface area contributed by atoms with Crippen LogP contribution in [0.3, 0.4) is 0 Å². The first kappa shape index (κ1) is 25.2. The summed E-state index contributed by atoms with van der Waals surface area (Å²) in [5.41, 5.74) is 7.19. The van der Waals surface area contributed by atoms with Gasteiger partial charge in [0.2, 0.25) is 0 Å². The maximum Gasteiger partial charge on any atom is 0.122 e. The van der Waals surface area contributed by atoms with Gasteiger partial charge in [-0.2, -0.15) is 0 Å². The Morgan fingerprint density at radius 2 is 0.889 bits per heavy atom. The van der Waals surface area contributed by atoms with Crippen molar-refractivity contribution in [2.45, 2.75) is 25.7 Å². The number of hydrogen-bond donors (Lipinski definition) is 0. The van der Waals surface area contributed by atoms with Crippen molar-refractivity contribution in [1.29, 1.82) is 0 Å². The van der Waals surface area contributed by atoms with Crippen molar-refractivity contribution in [2.75, 3.05) is 28.4 Å². The molecule has 0 saturated carbocycles. The lowest BCUT2D eigenvalue weighted by molar-refractivity contribution is 0.409. The quantitative estimate of drug-likeness (QED) is 0.232. The van der Waals surface area contributed by atoms with Gasteiger partial charge in [-0.15, -0.1) is 0 Å². The molecule has 0 aromatic heterocycles. The Hall–Kier alpha value is -3.92. The molecule has 0 fully saturated rings. The van der Waals surface area contributed by atoms with Gasteiger partial charge in [-0.25, -0.2) is 0 Å². The van der Waals surface area contributed by atoms with Gasteiger partial charge in [0.1, 0.15) is 23.0 Å². The van der Waals surface area contributed by atoms with Gasteiger partial charge in [0.05, 0.1) is 28.4 Å². The van der Waals surface area contributed by atoms with Gasteiger partial charge in [-0.3, -0.25) is 0 Å². The van der Waals surface area contributed by atoms with Crippen LogP contribution < -0.4 is 18.9 Å². The SMILES string of the molecule is COc1cccc(CCc2cc(-c3ccc(OC)c(CCc4cccc(OC)c4)c3)ccc2OC)c1. The van der Waals surface area contributed by atoms with E-state index in [1.165, 1.54) is 33.4 Å². The zero-order chi connectivity index (χ0) is 25.3. The number of benzene rings is 4. The third-order valence-electron chi connectivity index (χ3n) is 6.53. The zero-order valence-electron chi connectivity index (χ0n) is 21.5.